The highest BCUT2D eigenvalue weighted by Crippen LogP contribution is 2.46. The van der Waals surface area contributed by atoms with Crippen LogP contribution in [0.25, 0.3) is 0 Å². The van der Waals surface area contributed by atoms with Crippen molar-refractivity contribution in [3.63, 3.8) is 0 Å². The lowest BCUT2D eigenvalue weighted by molar-refractivity contribution is -0.0502. The van der Waals surface area contributed by atoms with Crippen LogP contribution in [0.15, 0.2) is 0 Å². The van der Waals surface area contributed by atoms with Crippen LogP contribution in [0.4, 0.5) is 8.78 Å². The molecule has 0 amide bonds. The molecule has 0 unspecified atom stereocenters. The maximum absolute atomic E-state index is 13.0. The van der Waals surface area contributed by atoms with E-state index in [-0.39, 0.29) is 24.7 Å². The maximum atomic E-state index is 13.0. The molecule has 1 aliphatic heterocycles. The summed E-state index contributed by atoms with van der Waals surface area (Å²) in [5, 5.41) is 3.03. The van der Waals surface area contributed by atoms with Crippen molar-refractivity contribution in [3.05, 3.63) is 0 Å². The van der Waals surface area contributed by atoms with Gasteiger partial charge in [-0.15, -0.1) is 12.4 Å². The first-order chi connectivity index (χ1) is 5.20. The number of fused-ring (bicyclic) bond motifs is 1. The SMILES string of the molecule is Cl.FC1(F)CC[C@H]2CCNC[C@@H]21. The average Bonchev–Trinajstić information content (AvgIpc) is 2.29. The lowest BCUT2D eigenvalue weighted by Crippen LogP contribution is -2.41. The Morgan fingerprint density at radius 1 is 1.25 bits per heavy atom. The molecule has 1 saturated carbocycles. The van der Waals surface area contributed by atoms with Gasteiger partial charge in [-0.1, -0.05) is 0 Å². The number of piperidine rings is 1. The van der Waals surface area contributed by atoms with Crippen LogP contribution in [0.5, 0.6) is 0 Å². The molecule has 0 bridgehead atoms. The van der Waals surface area contributed by atoms with E-state index in [1.54, 1.807) is 0 Å². The second-order valence-corrected chi connectivity index (χ2v) is 3.66. The summed E-state index contributed by atoms with van der Waals surface area (Å²) in [5.41, 5.74) is 0. The first-order valence-electron chi connectivity index (χ1n) is 4.29. The maximum Gasteiger partial charge on any atom is 0.252 e. The van der Waals surface area contributed by atoms with Crippen LogP contribution in [0, 0.1) is 11.8 Å². The monoisotopic (exact) mass is 197 g/mol. The third-order valence-electron chi connectivity index (χ3n) is 3.02. The lowest BCUT2D eigenvalue weighted by atomic mass is 9.88. The van der Waals surface area contributed by atoms with E-state index in [0.717, 1.165) is 19.4 Å². The highest BCUT2D eigenvalue weighted by Gasteiger charge is 2.50. The molecule has 1 saturated heterocycles. The van der Waals surface area contributed by atoms with Gasteiger partial charge in [0, 0.05) is 18.9 Å². The minimum Gasteiger partial charge on any atom is -0.316 e. The van der Waals surface area contributed by atoms with Crippen LogP contribution in [0.2, 0.25) is 0 Å². The summed E-state index contributed by atoms with van der Waals surface area (Å²) in [7, 11) is 0. The predicted octanol–water partition coefficient (Wildman–Crippen LogP) is 2.06. The molecule has 4 heteroatoms. The number of rotatable bonds is 0. The molecule has 1 aliphatic carbocycles. The van der Waals surface area contributed by atoms with Crippen molar-refractivity contribution in [2.45, 2.75) is 25.2 Å². The molecule has 2 rings (SSSR count). The van der Waals surface area contributed by atoms with E-state index in [2.05, 4.69) is 5.32 Å². The first-order valence-corrected chi connectivity index (χ1v) is 4.29. The van der Waals surface area contributed by atoms with Gasteiger partial charge in [-0.3, -0.25) is 0 Å². The standard InChI is InChI=1S/C8H13F2N.ClH/c9-8(10)3-1-6-2-4-11-5-7(6)8;/h6-7,11H,1-5H2;1H/t6-,7-;/m0./s1. The zero-order valence-electron chi connectivity index (χ0n) is 6.85. The van der Waals surface area contributed by atoms with Crippen molar-refractivity contribution in [1.82, 2.24) is 5.32 Å². The fourth-order valence-electron chi connectivity index (χ4n) is 2.32. The number of alkyl halides is 2. The Morgan fingerprint density at radius 3 is 2.67 bits per heavy atom. The summed E-state index contributed by atoms with van der Waals surface area (Å²) in [4.78, 5) is 0. The van der Waals surface area contributed by atoms with E-state index in [0.29, 0.717) is 12.5 Å². The molecule has 0 aromatic carbocycles. The van der Waals surface area contributed by atoms with Crippen molar-refractivity contribution in [2.75, 3.05) is 13.1 Å². The molecule has 2 aliphatic rings. The Labute approximate surface area is 77.3 Å². The molecule has 0 aromatic rings. The summed E-state index contributed by atoms with van der Waals surface area (Å²) < 4.78 is 26.1. The number of hydrogen-bond donors (Lipinski definition) is 1. The van der Waals surface area contributed by atoms with Crippen molar-refractivity contribution in [2.24, 2.45) is 11.8 Å². The minimum atomic E-state index is -2.38. The van der Waals surface area contributed by atoms with Crippen molar-refractivity contribution in [1.29, 1.82) is 0 Å². The van der Waals surface area contributed by atoms with Crippen LogP contribution in [0.3, 0.4) is 0 Å². The van der Waals surface area contributed by atoms with Gasteiger partial charge in [0.2, 0.25) is 0 Å². The molecular weight excluding hydrogens is 184 g/mol. The van der Waals surface area contributed by atoms with E-state index in [1.165, 1.54) is 0 Å². The van der Waals surface area contributed by atoms with Crippen molar-refractivity contribution < 1.29 is 8.78 Å². The topological polar surface area (TPSA) is 12.0 Å². The minimum absolute atomic E-state index is 0. The van der Waals surface area contributed by atoms with E-state index in [1.807, 2.05) is 0 Å². The van der Waals surface area contributed by atoms with Crippen LogP contribution >= 0.6 is 12.4 Å². The van der Waals surface area contributed by atoms with Gasteiger partial charge in [0.1, 0.15) is 0 Å². The third-order valence-corrected chi connectivity index (χ3v) is 3.02. The van der Waals surface area contributed by atoms with E-state index < -0.39 is 5.92 Å². The molecule has 1 heterocycles. The zero-order valence-corrected chi connectivity index (χ0v) is 7.67. The largest absolute Gasteiger partial charge is 0.316 e. The number of nitrogens with one attached hydrogen (secondary N) is 1. The Balaban J connectivity index is 0.000000720. The second-order valence-electron chi connectivity index (χ2n) is 3.66. The average molecular weight is 198 g/mol. The van der Waals surface area contributed by atoms with Crippen LogP contribution < -0.4 is 5.32 Å². The fraction of sp³-hybridized carbons (Fsp3) is 1.00. The van der Waals surface area contributed by atoms with E-state index in [9.17, 15) is 8.78 Å². The predicted molar refractivity (Wildman–Crippen MR) is 45.9 cm³/mol. The third kappa shape index (κ3) is 1.57. The van der Waals surface area contributed by atoms with Gasteiger partial charge in [-0.25, -0.2) is 8.78 Å². The van der Waals surface area contributed by atoms with E-state index in [4.69, 9.17) is 0 Å². The van der Waals surface area contributed by atoms with Gasteiger partial charge >= 0.3 is 0 Å². The van der Waals surface area contributed by atoms with Crippen LogP contribution in [-0.4, -0.2) is 19.0 Å². The lowest BCUT2D eigenvalue weighted by Gasteiger charge is -2.29. The summed E-state index contributed by atoms with van der Waals surface area (Å²) in [6, 6.07) is 0. The zero-order chi connectivity index (χ0) is 7.90. The van der Waals surface area contributed by atoms with Crippen LogP contribution in [0.1, 0.15) is 19.3 Å². The summed E-state index contributed by atoms with van der Waals surface area (Å²) in [6.07, 6.45) is 1.80. The van der Waals surface area contributed by atoms with Crippen LogP contribution in [-0.2, 0) is 0 Å². The Kier molecular flexibility index (Phi) is 2.94. The van der Waals surface area contributed by atoms with Crippen molar-refractivity contribution in [3.8, 4) is 0 Å². The molecule has 72 valence electrons. The van der Waals surface area contributed by atoms with Gasteiger partial charge in [0.15, 0.2) is 0 Å². The normalized spacial score (nSPS) is 38.5. The molecule has 1 nitrogen and oxygen atoms in total. The molecule has 2 fully saturated rings. The number of hydrogen-bond acceptors (Lipinski definition) is 1. The number of halogens is 3. The van der Waals surface area contributed by atoms with Gasteiger partial charge in [0.05, 0.1) is 0 Å². The molecule has 12 heavy (non-hydrogen) atoms. The Morgan fingerprint density at radius 2 is 2.00 bits per heavy atom. The molecule has 0 radical (unpaired) electrons. The molecule has 0 spiro atoms. The summed E-state index contributed by atoms with van der Waals surface area (Å²) >= 11 is 0. The fourth-order valence-corrected chi connectivity index (χ4v) is 2.32. The summed E-state index contributed by atoms with van der Waals surface area (Å²) in [5.74, 6) is -2.44. The summed E-state index contributed by atoms with van der Waals surface area (Å²) in [6.45, 7) is 1.45. The van der Waals surface area contributed by atoms with Gasteiger partial charge in [-0.05, 0) is 25.3 Å². The quantitative estimate of drug-likeness (QED) is 0.627. The van der Waals surface area contributed by atoms with Crippen molar-refractivity contribution >= 4 is 12.4 Å². The first kappa shape index (κ1) is 10.2. The van der Waals surface area contributed by atoms with Gasteiger partial charge < -0.3 is 5.32 Å². The molecule has 1 N–H and O–H groups in total. The van der Waals surface area contributed by atoms with Gasteiger partial charge in [0.25, 0.3) is 5.92 Å². The highest BCUT2D eigenvalue weighted by molar-refractivity contribution is 5.85. The second kappa shape index (κ2) is 3.46. The molecule has 2 atom stereocenters. The van der Waals surface area contributed by atoms with E-state index >= 15 is 0 Å². The Bertz CT molecular complexity index is 163. The highest BCUT2D eigenvalue weighted by atomic mass is 35.5. The van der Waals surface area contributed by atoms with Gasteiger partial charge in [-0.2, -0.15) is 0 Å². The Hall–Kier alpha value is 0.110. The molecular formula is C8H14ClF2N. The smallest absolute Gasteiger partial charge is 0.252 e. The molecule has 0 aromatic heterocycles.